The highest BCUT2D eigenvalue weighted by molar-refractivity contribution is 5.44. The lowest BCUT2D eigenvalue weighted by molar-refractivity contribution is 0.0606. The van der Waals surface area contributed by atoms with E-state index in [0.717, 1.165) is 44.5 Å². The summed E-state index contributed by atoms with van der Waals surface area (Å²) in [5.41, 5.74) is 2.48. The second kappa shape index (κ2) is 4.90. The van der Waals surface area contributed by atoms with Gasteiger partial charge in [0.25, 0.3) is 0 Å². The Labute approximate surface area is 108 Å². The molecule has 98 valence electrons. The molecule has 1 saturated heterocycles. The molecule has 2 aliphatic rings. The van der Waals surface area contributed by atoms with Gasteiger partial charge in [-0.25, -0.2) is 0 Å². The van der Waals surface area contributed by atoms with E-state index in [9.17, 15) is 5.11 Å². The van der Waals surface area contributed by atoms with Gasteiger partial charge in [0.05, 0.1) is 6.10 Å². The zero-order valence-electron chi connectivity index (χ0n) is 10.9. The van der Waals surface area contributed by atoms with Crippen molar-refractivity contribution < 1.29 is 9.84 Å². The van der Waals surface area contributed by atoms with Gasteiger partial charge in [0.2, 0.25) is 0 Å². The number of phenolic OH excluding ortho intramolecular Hbond substituents is 1. The molecule has 0 bridgehead atoms. The molecule has 1 aromatic rings. The van der Waals surface area contributed by atoms with Gasteiger partial charge in [-0.15, -0.1) is 0 Å². The van der Waals surface area contributed by atoms with Gasteiger partial charge in [0.15, 0.2) is 0 Å². The van der Waals surface area contributed by atoms with E-state index in [1.54, 1.807) is 6.07 Å². The minimum atomic E-state index is 0.314. The third-order valence-corrected chi connectivity index (χ3v) is 4.14. The number of aromatic hydroxyl groups is 1. The number of hydrogen-bond acceptors (Lipinski definition) is 3. The molecule has 2 unspecified atom stereocenters. The van der Waals surface area contributed by atoms with Crippen molar-refractivity contribution in [2.24, 2.45) is 0 Å². The molecular formula is C15H21NO2. The molecule has 1 N–H and O–H groups in total. The fraction of sp³-hybridized carbons (Fsp3) is 0.600. The third-order valence-electron chi connectivity index (χ3n) is 4.14. The van der Waals surface area contributed by atoms with E-state index in [0.29, 0.717) is 17.9 Å². The molecule has 0 aromatic heterocycles. The Bertz CT molecular complexity index is 433. The van der Waals surface area contributed by atoms with Gasteiger partial charge in [0, 0.05) is 25.7 Å². The summed E-state index contributed by atoms with van der Waals surface area (Å²) < 4.78 is 5.71. The van der Waals surface area contributed by atoms with Crippen LogP contribution in [0.4, 0.5) is 0 Å². The summed E-state index contributed by atoms with van der Waals surface area (Å²) >= 11 is 0. The van der Waals surface area contributed by atoms with E-state index >= 15 is 0 Å². The first kappa shape index (κ1) is 12.0. The maximum atomic E-state index is 9.91. The van der Waals surface area contributed by atoms with Crippen LogP contribution in [-0.4, -0.2) is 35.8 Å². The third kappa shape index (κ3) is 2.13. The Hall–Kier alpha value is -1.06. The van der Waals surface area contributed by atoms with Crippen LogP contribution in [0.5, 0.6) is 5.75 Å². The maximum absolute atomic E-state index is 9.91. The predicted octanol–water partition coefficient (Wildman–Crippen LogP) is 2.49. The van der Waals surface area contributed by atoms with Gasteiger partial charge in [-0.2, -0.15) is 0 Å². The number of fused-ring (bicyclic) bond motifs is 1. The molecule has 0 spiro atoms. The zero-order chi connectivity index (χ0) is 12.5. The van der Waals surface area contributed by atoms with Crippen LogP contribution in [0, 0.1) is 0 Å². The molecule has 3 heteroatoms. The number of hydrogen-bond donors (Lipinski definition) is 1. The van der Waals surface area contributed by atoms with Gasteiger partial charge in [-0.05, 0) is 43.4 Å². The van der Waals surface area contributed by atoms with Gasteiger partial charge in [0.1, 0.15) is 5.75 Å². The van der Waals surface area contributed by atoms with Crippen LogP contribution in [0.1, 0.15) is 36.9 Å². The molecule has 1 heterocycles. The highest BCUT2D eigenvalue weighted by Crippen LogP contribution is 2.40. The van der Waals surface area contributed by atoms with Crippen molar-refractivity contribution >= 4 is 0 Å². The second-order valence-electron chi connectivity index (χ2n) is 5.43. The molecule has 0 radical (unpaired) electrons. The van der Waals surface area contributed by atoms with Crippen molar-refractivity contribution in [1.82, 2.24) is 4.90 Å². The molecule has 2 atom stereocenters. The number of rotatable bonds is 1. The van der Waals surface area contributed by atoms with Crippen LogP contribution in [0.3, 0.4) is 0 Å². The molecule has 0 amide bonds. The molecule has 3 nitrogen and oxygen atoms in total. The number of ether oxygens (including phenoxy) is 1. The zero-order valence-corrected chi connectivity index (χ0v) is 10.9. The summed E-state index contributed by atoms with van der Waals surface area (Å²) in [6, 6.07) is 6.40. The Morgan fingerprint density at radius 2 is 2.28 bits per heavy atom. The van der Waals surface area contributed by atoms with Crippen molar-refractivity contribution in [3.05, 3.63) is 29.3 Å². The number of phenols is 1. The summed E-state index contributed by atoms with van der Waals surface area (Å²) in [6.45, 7) is 5.12. The van der Waals surface area contributed by atoms with E-state index in [4.69, 9.17) is 4.74 Å². The van der Waals surface area contributed by atoms with Crippen molar-refractivity contribution in [2.75, 3.05) is 19.7 Å². The van der Waals surface area contributed by atoms with Gasteiger partial charge >= 0.3 is 0 Å². The van der Waals surface area contributed by atoms with Crippen molar-refractivity contribution in [3.63, 3.8) is 0 Å². The summed E-state index contributed by atoms with van der Waals surface area (Å²) in [7, 11) is 0. The summed E-state index contributed by atoms with van der Waals surface area (Å²) in [6.07, 6.45) is 3.54. The summed E-state index contributed by atoms with van der Waals surface area (Å²) in [5.74, 6) is 0.467. The summed E-state index contributed by atoms with van der Waals surface area (Å²) in [5, 5.41) is 9.91. The average Bonchev–Trinajstić information content (AvgIpc) is 2.67. The Morgan fingerprint density at radius 3 is 3.17 bits per heavy atom. The van der Waals surface area contributed by atoms with E-state index in [1.807, 2.05) is 6.07 Å². The van der Waals surface area contributed by atoms with E-state index in [2.05, 4.69) is 17.9 Å². The van der Waals surface area contributed by atoms with Crippen LogP contribution < -0.4 is 0 Å². The summed E-state index contributed by atoms with van der Waals surface area (Å²) in [4.78, 5) is 2.53. The van der Waals surface area contributed by atoms with Gasteiger partial charge in [-0.1, -0.05) is 12.1 Å². The fourth-order valence-electron chi connectivity index (χ4n) is 3.30. The highest BCUT2D eigenvalue weighted by Gasteiger charge is 2.30. The normalized spacial score (nSPS) is 28.9. The second-order valence-corrected chi connectivity index (χ2v) is 5.43. The molecule has 1 aliphatic carbocycles. The molecule has 1 aromatic carbocycles. The molecular weight excluding hydrogens is 226 g/mol. The lowest BCUT2D eigenvalue weighted by Gasteiger charge is -2.29. The first-order valence-electron chi connectivity index (χ1n) is 6.92. The SMILES string of the molecule is CC1CN(C2CCc3c(O)cccc32)CCCO1. The topological polar surface area (TPSA) is 32.7 Å². The Morgan fingerprint density at radius 1 is 1.39 bits per heavy atom. The fourth-order valence-corrected chi connectivity index (χ4v) is 3.30. The van der Waals surface area contributed by atoms with Crippen LogP contribution in [0.15, 0.2) is 18.2 Å². The lowest BCUT2D eigenvalue weighted by atomic mass is 10.1. The minimum absolute atomic E-state index is 0.314. The molecule has 3 rings (SSSR count). The smallest absolute Gasteiger partial charge is 0.119 e. The maximum Gasteiger partial charge on any atom is 0.119 e. The Balaban J connectivity index is 1.84. The van der Waals surface area contributed by atoms with E-state index in [-0.39, 0.29) is 0 Å². The largest absolute Gasteiger partial charge is 0.508 e. The number of benzene rings is 1. The lowest BCUT2D eigenvalue weighted by Crippen LogP contribution is -2.33. The predicted molar refractivity (Wildman–Crippen MR) is 70.8 cm³/mol. The quantitative estimate of drug-likeness (QED) is 0.827. The molecule has 1 fully saturated rings. The molecule has 18 heavy (non-hydrogen) atoms. The van der Waals surface area contributed by atoms with Crippen molar-refractivity contribution in [2.45, 2.75) is 38.3 Å². The number of nitrogens with zero attached hydrogens (tertiary/aromatic N) is 1. The van der Waals surface area contributed by atoms with Crippen LogP contribution in [-0.2, 0) is 11.2 Å². The van der Waals surface area contributed by atoms with Gasteiger partial charge in [-0.3, -0.25) is 4.90 Å². The molecule has 0 saturated carbocycles. The van der Waals surface area contributed by atoms with Crippen LogP contribution in [0.2, 0.25) is 0 Å². The monoisotopic (exact) mass is 247 g/mol. The Kier molecular flexibility index (Phi) is 3.27. The van der Waals surface area contributed by atoms with Crippen molar-refractivity contribution in [3.8, 4) is 5.75 Å². The van der Waals surface area contributed by atoms with Crippen LogP contribution >= 0.6 is 0 Å². The minimum Gasteiger partial charge on any atom is -0.508 e. The standard InChI is InChI=1S/C15H21NO2/c1-11-10-16(8-3-9-18-11)14-7-6-13-12(14)4-2-5-15(13)17/h2,4-5,11,14,17H,3,6-10H2,1H3. The first-order valence-corrected chi connectivity index (χ1v) is 6.92. The van der Waals surface area contributed by atoms with E-state index < -0.39 is 0 Å². The van der Waals surface area contributed by atoms with E-state index in [1.165, 1.54) is 5.56 Å². The van der Waals surface area contributed by atoms with Crippen LogP contribution in [0.25, 0.3) is 0 Å². The van der Waals surface area contributed by atoms with Gasteiger partial charge < -0.3 is 9.84 Å². The highest BCUT2D eigenvalue weighted by atomic mass is 16.5. The molecule has 1 aliphatic heterocycles. The van der Waals surface area contributed by atoms with Crippen molar-refractivity contribution in [1.29, 1.82) is 0 Å². The first-order chi connectivity index (χ1) is 8.75. The average molecular weight is 247 g/mol.